The van der Waals surface area contributed by atoms with Gasteiger partial charge in [-0.15, -0.1) is 0 Å². The Morgan fingerprint density at radius 3 is 2.60 bits per heavy atom. The first-order chi connectivity index (χ1) is 9.49. The Kier molecular flexibility index (Phi) is 4.53. The third kappa shape index (κ3) is 3.24. The van der Waals surface area contributed by atoms with Gasteiger partial charge in [-0.05, 0) is 30.2 Å². The number of para-hydroxylation sites is 1. The number of halogens is 2. The lowest BCUT2D eigenvalue weighted by atomic mass is 10.1. The molecule has 0 heterocycles. The molecule has 0 aliphatic carbocycles. The highest BCUT2D eigenvalue weighted by Crippen LogP contribution is 2.35. The Bertz CT molecular complexity index is 656. The average molecular weight is 309 g/mol. The quantitative estimate of drug-likeness (QED) is 0.894. The minimum atomic E-state index is -0.388. The van der Waals surface area contributed by atoms with Crippen molar-refractivity contribution >= 4 is 40.5 Å². The normalized spacial score (nSPS) is 10.3. The van der Waals surface area contributed by atoms with Gasteiger partial charge in [-0.25, -0.2) is 0 Å². The molecule has 0 radical (unpaired) electrons. The summed E-state index contributed by atoms with van der Waals surface area (Å²) in [4.78, 5) is 11.1. The van der Waals surface area contributed by atoms with Gasteiger partial charge < -0.3 is 11.1 Å². The number of benzene rings is 2. The first-order valence-corrected chi connectivity index (χ1v) is 6.82. The molecule has 0 fully saturated rings. The van der Waals surface area contributed by atoms with Crippen LogP contribution in [0.2, 0.25) is 10.0 Å². The molecule has 2 aromatic rings. The number of hydrogen-bond donors (Lipinski definition) is 2. The van der Waals surface area contributed by atoms with E-state index < -0.39 is 0 Å². The lowest BCUT2D eigenvalue weighted by Gasteiger charge is -2.15. The summed E-state index contributed by atoms with van der Waals surface area (Å²) in [6, 6.07) is 11.0. The first kappa shape index (κ1) is 14.7. The third-order valence-corrected chi connectivity index (χ3v) is 3.73. The van der Waals surface area contributed by atoms with Crippen LogP contribution in [-0.4, -0.2) is 5.91 Å². The molecule has 2 rings (SSSR count). The zero-order valence-electron chi connectivity index (χ0n) is 10.9. The molecule has 20 heavy (non-hydrogen) atoms. The number of primary amides is 1. The van der Waals surface area contributed by atoms with Gasteiger partial charge in [0.25, 0.3) is 0 Å². The van der Waals surface area contributed by atoms with Crippen LogP contribution in [0.1, 0.15) is 11.1 Å². The second kappa shape index (κ2) is 6.16. The summed E-state index contributed by atoms with van der Waals surface area (Å²) < 4.78 is 0. The maximum Gasteiger partial charge on any atom is 0.221 e. The van der Waals surface area contributed by atoms with Crippen molar-refractivity contribution in [3.05, 3.63) is 57.6 Å². The van der Waals surface area contributed by atoms with Gasteiger partial charge >= 0.3 is 0 Å². The van der Waals surface area contributed by atoms with E-state index in [1.165, 1.54) is 0 Å². The molecule has 1 amide bonds. The van der Waals surface area contributed by atoms with E-state index in [1.807, 2.05) is 37.3 Å². The van der Waals surface area contributed by atoms with Gasteiger partial charge in [-0.1, -0.05) is 47.5 Å². The molecule has 0 bridgehead atoms. The van der Waals surface area contributed by atoms with Crippen LogP contribution in [0.15, 0.2) is 36.4 Å². The Morgan fingerprint density at radius 2 is 1.90 bits per heavy atom. The van der Waals surface area contributed by atoms with Crippen LogP contribution in [-0.2, 0) is 11.2 Å². The van der Waals surface area contributed by atoms with E-state index in [9.17, 15) is 4.79 Å². The topological polar surface area (TPSA) is 55.1 Å². The van der Waals surface area contributed by atoms with Crippen molar-refractivity contribution in [3.8, 4) is 0 Å². The molecule has 0 spiro atoms. The van der Waals surface area contributed by atoms with Gasteiger partial charge in [-0.3, -0.25) is 4.79 Å². The molecule has 0 aliphatic heterocycles. The minimum absolute atomic E-state index is 0.157. The van der Waals surface area contributed by atoms with Crippen molar-refractivity contribution in [2.24, 2.45) is 5.73 Å². The fraction of sp³-hybridized carbons (Fsp3) is 0.133. The molecular formula is C15H14Cl2N2O. The van der Waals surface area contributed by atoms with Crippen molar-refractivity contribution in [1.82, 2.24) is 0 Å². The van der Waals surface area contributed by atoms with Crippen LogP contribution in [0.3, 0.4) is 0 Å². The number of amides is 1. The maximum absolute atomic E-state index is 11.1. The number of nitrogens with one attached hydrogen (secondary N) is 1. The smallest absolute Gasteiger partial charge is 0.221 e. The second-order valence-corrected chi connectivity index (χ2v) is 5.26. The zero-order chi connectivity index (χ0) is 14.7. The van der Waals surface area contributed by atoms with Crippen LogP contribution >= 0.6 is 23.2 Å². The number of carbonyl (C=O) groups is 1. The summed E-state index contributed by atoms with van der Waals surface area (Å²) in [5.41, 5.74) is 8.37. The van der Waals surface area contributed by atoms with Crippen LogP contribution in [0.5, 0.6) is 0 Å². The molecule has 3 N–H and O–H groups in total. The molecule has 0 saturated heterocycles. The molecule has 0 atom stereocenters. The van der Waals surface area contributed by atoms with Crippen molar-refractivity contribution < 1.29 is 4.79 Å². The van der Waals surface area contributed by atoms with Crippen LogP contribution < -0.4 is 11.1 Å². The molecule has 3 nitrogen and oxygen atoms in total. The number of rotatable bonds is 4. The summed E-state index contributed by atoms with van der Waals surface area (Å²) in [5.74, 6) is -0.388. The SMILES string of the molecule is Cc1ccc(Cl)c(Nc2ccccc2CC(N)=O)c1Cl. The monoisotopic (exact) mass is 308 g/mol. The van der Waals surface area contributed by atoms with Crippen LogP contribution in [0.4, 0.5) is 11.4 Å². The number of hydrogen-bond acceptors (Lipinski definition) is 2. The van der Waals surface area contributed by atoms with Crippen LogP contribution in [0, 0.1) is 6.92 Å². The number of nitrogens with two attached hydrogens (primary N) is 1. The number of carbonyl (C=O) groups excluding carboxylic acids is 1. The average Bonchev–Trinajstić information content (AvgIpc) is 2.40. The summed E-state index contributed by atoms with van der Waals surface area (Å²) in [5, 5.41) is 4.27. The van der Waals surface area contributed by atoms with Gasteiger partial charge in [-0.2, -0.15) is 0 Å². The standard InChI is InChI=1S/C15H14Cl2N2O/c1-9-6-7-11(16)15(14(9)17)19-12-5-3-2-4-10(12)8-13(18)20/h2-7,19H,8H2,1H3,(H2,18,20). The molecule has 5 heteroatoms. The minimum Gasteiger partial charge on any atom is -0.369 e. The first-order valence-electron chi connectivity index (χ1n) is 6.07. The van der Waals surface area contributed by atoms with Crippen LogP contribution in [0.25, 0.3) is 0 Å². The molecule has 0 aliphatic rings. The van der Waals surface area contributed by atoms with E-state index in [2.05, 4.69) is 5.32 Å². The number of anilines is 2. The van der Waals surface area contributed by atoms with Crippen molar-refractivity contribution in [1.29, 1.82) is 0 Å². The summed E-state index contributed by atoms with van der Waals surface area (Å²) in [6.45, 7) is 1.90. The fourth-order valence-electron chi connectivity index (χ4n) is 1.89. The van der Waals surface area contributed by atoms with E-state index in [-0.39, 0.29) is 12.3 Å². The highest BCUT2D eigenvalue weighted by atomic mass is 35.5. The predicted octanol–water partition coefficient (Wildman–Crippen LogP) is 4.07. The molecule has 2 aromatic carbocycles. The highest BCUT2D eigenvalue weighted by Gasteiger charge is 2.11. The van der Waals surface area contributed by atoms with Crippen molar-refractivity contribution in [2.75, 3.05) is 5.32 Å². The van der Waals surface area contributed by atoms with Gasteiger partial charge in [0.05, 0.1) is 22.2 Å². The number of aryl methyl sites for hydroxylation is 1. The predicted molar refractivity (Wildman–Crippen MR) is 83.8 cm³/mol. The molecule has 104 valence electrons. The Morgan fingerprint density at radius 1 is 1.20 bits per heavy atom. The van der Waals surface area contributed by atoms with Gasteiger partial charge in [0.2, 0.25) is 5.91 Å². The zero-order valence-corrected chi connectivity index (χ0v) is 12.4. The highest BCUT2D eigenvalue weighted by molar-refractivity contribution is 6.39. The molecular weight excluding hydrogens is 295 g/mol. The summed E-state index contributed by atoms with van der Waals surface area (Å²) in [6.07, 6.45) is 0.157. The van der Waals surface area contributed by atoms with Gasteiger partial charge in [0.15, 0.2) is 0 Å². The van der Waals surface area contributed by atoms with E-state index in [0.29, 0.717) is 15.7 Å². The molecule has 0 saturated carbocycles. The lowest BCUT2D eigenvalue weighted by Crippen LogP contribution is -2.14. The van der Waals surface area contributed by atoms with Crippen molar-refractivity contribution in [2.45, 2.75) is 13.3 Å². The third-order valence-electron chi connectivity index (χ3n) is 2.93. The summed E-state index contributed by atoms with van der Waals surface area (Å²) in [7, 11) is 0. The fourth-order valence-corrected chi connectivity index (χ4v) is 2.36. The van der Waals surface area contributed by atoms with E-state index in [1.54, 1.807) is 6.07 Å². The van der Waals surface area contributed by atoms with E-state index in [0.717, 1.165) is 16.8 Å². The van der Waals surface area contributed by atoms with E-state index >= 15 is 0 Å². The Labute approximate surface area is 127 Å². The van der Waals surface area contributed by atoms with Gasteiger partial charge in [0.1, 0.15) is 0 Å². The Hall–Kier alpha value is -1.71. The van der Waals surface area contributed by atoms with E-state index in [4.69, 9.17) is 28.9 Å². The Balaban J connectivity index is 2.40. The second-order valence-electron chi connectivity index (χ2n) is 4.48. The van der Waals surface area contributed by atoms with Crippen molar-refractivity contribution in [3.63, 3.8) is 0 Å². The largest absolute Gasteiger partial charge is 0.369 e. The summed E-state index contributed by atoms with van der Waals surface area (Å²) >= 11 is 12.4. The van der Waals surface area contributed by atoms with Gasteiger partial charge in [0, 0.05) is 5.69 Å². The molecule has 0 unspecified atom stereocenters. The maximum atomic E-state index is 11.1. The lowest BCUT2D eigenvalue weighted by molar-refractivity contribution is -0.117. The molecule has 0 aromatic heterocycles.